The molecule has 21 heavy (non-hydrogen) atoms. The van der Waals surface area contributed by atoms with Gasteiger partial charge in [-0.1, -0.05) is 18.5 Å². The zero-order chi connectivity index (χ0) is 15.0. The summed E-state index contributed by atoms with van der Waals surface area (Å²) in [5.74, 6) is 0.528. The van der Waals surface area contributed by atoms with Crippen LogP contribution in [0.25, 0.3) is 16.7 Å². The lowest BCUT2D eigenvalue weighted by Gasteiger charge is -2.11. The summed E-state index contributed by atoms with van der Waals surface area (Å²) < 4.78 is 15.5. The summed E-state index contributed by atoms with van der Waals surface area (Å²) in [7, 11) is 0. The number of halogens is 2. The van der Waals surface area contributed by atoms with Gasteiger partial charge in [0.15, 0.2) is 0 Å². The fourth-order valence-corrected chi connectivity index (χ4v) is 2.67. The van der Waals surface area contributed by atoms with E-state index in [0.29, 0.717) is 16.4 Å². The third-order valence-corrected chi connectivity index (χ3v) is 3.69. The van der Waals surface area contributed by atoms with Crippen LogP contribution in [0.2, 0.25) is 5.02 Å². The average Bonchev–Trinajstić information content (AvgIpc) is 2.79. The zero-order valence-electron chi connectivity index (χ0n) is 11.6. The van der Waals surface area contributed by atoms with Crippen molar-refractivity contribution >= 4 is 28.3 Å². The summed E-state index contributed by atoms with van der Waals surface area (Å²) in [4.78, 5) is 4.61. The molecule has 0 atom stereocenters. The lowest BCUT2D eigenvalue weighted by Crippen LogP contribution is -2.02. The first kappa shape index (κ1) is 13.9. The van der Waals surface area contributed by atoms with Crippen molar-refractivity contribution < 1.29 is 4.39 Å². The molecule has 0 amide bonds. The van der Waals surface area contributed by atoms with E-state index in [1.165, 1.54) is 12.1 Å². The maximum atomic E-state index is 13.6. The number of nitrogen functional groups attached to an aromatic ring is 1. The van der Waals surface area contributed by atoms with Crippen LogP contribution in [0.3, 0.4) is 0 Å². The van der Waals surface area contributed by atoms with Gasteiger partial charge in [0.05, 0.1) is 21.7 Å². The first-order valence-corrected chi connectivity index (χ1v) is 7.20. The molecule has 0 saturated carbocycles. The average molecular weight is 304 g/mol. The Balaban J connectivity index is 2.33. The molecule has 3 aromatic rings. The van der Waals surface area contributed by atoms with Gasteiger partial charge in [-0.3, -0.25) is 4.57 Å². The minimum atomic E-state index is -0.325. The fraction of sp³-hybridized carbons (Fsp3) is 0.188. The minimum Gasteiger partial charge on any atom is -0.399 e. The van der Waals surface area contributed by atoms with Gasteiger partial charge >= 0.3 is 0 Å². The highest BCUT2D eigenvalue weighted by atomic mass is 35.5. The summed E-state index contributed by atoms with van der Waals surface area (Å²) in [6, 6.07) is 9.85. The Kier molecular flexibility index (Phi) is 3.55. The van der Waals surface area contributed by atoms with Gasteiger partial charge in [0.1, 0.15) is 11.6 Å². The minimum absolute atomic E-state index is 0.325. The predicted molar refractivity (Wildman–Crippen MR) is 84.4 cm³/mol. The van der Waals surface area contributed by atoms with Gasteiger partial charge in [0, 0.05) is 12.1 Å². The van der Waals surface area contributed by atoms with Gasteiger partial charge in [0.2, 0.25) is 0 Å². The number of aromatic nitrogens is 2. The molecule has 2 N–H and O–H groups in total. The molecule has 0 aliphatic carbocycles. The maximum absolute atomic E-state index is 13.6. The van der Waals surface area contributed by atoms with E-state index in [4.69, 9.17) is 17.3 Å². The van der Waals surface area contributed by atoms with E-state index in [0.717, 1.165) is 29.7 Å². The Bertz CT molecular complexity index is 811. The summed E-state index contributed by atoms with van der Waals surface area (Å²) in [6.07, 6.45) is 1.72. The van der Waals surface area contributed by atoms with Crippen molar-refractivity contribution in [2.45, 2.75) is 19.8 Å². The van der Waals surface area contributed by atoms with E-state index in [1.54, 1.807) is 6.07 Å². The number of anilines is 1. The molecule has 0 bridgehead atoms. The quantitative estimate of drug-likeness (QED) is 0.731. The highest BCUT2D eigenvalue weighted by Crippen LogP contribution is 2.29. The second-order valence-corrected chi connectivity index (χ2v) is 5.36. The van der Waals surface area contributed by atoms with Gasteiger partial charge in [0.25, 0.3) is 0 Å². The normalized spacial score (nSPS) is 11.2. The molecule has 0 aliphatic heterocycles. The van der Waals surface area contributed by atoms with E-state index >= 15 is 0 Å². The van der Waals surface area contributed by atoms with Gasteiger partial charge in [-0.2, -0.15) is 0 Å². The molecule has 3 nitrogen and oxygen atoms in total. The predicted octanol–water partition coefficient (Wildman–Crippen LogP) is 4.35. The number of fused-ring (bicyclic) bond motifs is 1. The number of hydrogen-bond acceptors (Lipinski definition) is 2. The van der Waals surface area contributed by atoms with E-state index in [9.17, 15) is 4.39 Å². The van der Waals surface area contributed by atoms with Gasteiger partial charge in [-0.05, 0) is 42.8 Å². The zero-order valence-corrected chi connectivity index (χ0v) is 12.4. The Morgan fingerprint density at radius 2 is 2.05 bits per heavy atom. The Hall–Kier alpha value is -2.07. The van der Waals surface area contributed by atoms with Crippen molar-refractivity contribution in [2.24, 2.45) is 0 Å². The summed E-state index contributed by atoms with van der Waals surface area (Å²) >= 11 is 6.25. The molecule has 1 aromatic heterocycles. The Morgan fingerprint density at radius 3 is 2.81 bits per heavy atom. The van der Waals surface area contributed by atoms with Crippen LogP contribution < -0.4 is 5.73 Å². The van der Waals surface area contributed by atoms with E-state index in [1.807, 2.05) is 22.8 Å². The molecule has 108 valence electrons. The van der Waals surface area contributed by atoms with Crippen molar-refractivity contribution in [3.05, 3.63) is 53.1 Å². The second-order valence-electron chi connectivity index (χ2n) is 4.96. The molecule has 0 aliphatic rings. The molecular formula is C16H15ClFN3. The van der Waals surface area contributed by atoms with Crippen molar-refractivity contribution in [2.75, 3.05) is 5.73 Å². The molecule has 0 fully saturated rings. The van der Waals surface area contributed by atoms with Crippen LogP contribution >= 0.6 is 11.6 Å². The standard InChI is InChI=1S/C16H15ClFN3/c1-2-3-16-20-13-9-11(19)5-7-14(13)21(16)15-8-10(18)4-6-12(15)17/h4-9H,2-3,19H2,1H3. The number of rotatable bonds is 3. The summed E-state index contributed by atoms with van der Waals surface area (Å²) in [5, 5.41) is 0.491. The molecule has 5 heteroatoms. The summed E-state index contributed by atoms with van der Waals surface area (Å²) in [5.41, 5.74) is 8.74. The first-order chi connectivity index (χ1) is 10.1. The van der Waals surface area contributed by atoms with E-state index < -0.39 is 0 Å². The van der Waals surface area contributed by atoms with Crippen molar-refractivity contribution in [3.8, 4) is 5.69 Å². The lowest BCUT2D eigenvalue weighted by molar-refractivity contribution is 0.626. The van der Waals surface area contributed by atoms with Crippen LogP contribution in [-0.4, -0.2) is 9.55 Å². The third kappa shape index (κ3) is 2.47. The molecule has 0 unspecified atom stereocenters. The van der Waals surface area contributed by atoms with Gasteiger partial charge in [-0.15, -0.1) is 0 Å². The smallest absolute Gasteiger partial charge is 0.125 e. The lowest BCUT2D eigenvalue weighted by atomic mass is 10.2. The van der Waals surface area contributed by atoms with Gasteiger partial charge in [-0.25, -0.2) is 9.37 Å². The number of nitrogens with zero attached hydrogens (tertiary/aromatic N) is 2. The molecule has 0 spiro atoms. The SMILES string of the molecule is CCCc1nc2cc(N)ccc2n1-c1cc(F)ccc1Cl. The number of imidazole rings is 1. The van der Waals surface area contributed by atoms with Crippen LogP contribution in [0.15, 0.2) is 36.4 Å². The van der Waals surface area contributed by atoms with Gasteiger partial charge < -0.3 is 5.73 Å². The highest BCUT2D eigenvalue weighted by Gasteiger charge is 2.15. The molecule has 0 radical (unpaired) electrons. The fourth-order valence-electron chi connectivity index (χ4n) is 2.46. The number of nitrogens with two attached hydrogens (primary N) is 1. The van der Waals surface area contributed by atoms with Crippen LogP contribution in [0.1, 0.15) is 19.2 Å². The molecule has 1 heterocycles. The number of aryl methyl sites for hydroxylation is 1. The van der Waals surface area contributed by atoms with Crippen LogP contribution in [-0.2, 0) is 6.42 Å². The Labute approximate surface area is 127 Å². The summed E-state index contributed by atoms with van der Waals surface area (Å²) in [6.45, 7) is 2.07. The van der Waals surface area contributed by atoms with Crippen LogP contribution in [0, 0.1) is 5.82 Å². The number of benzene rings is 2. The Morgan fingerprint density at radius 1 is 1.24 bits per heavy atom. The highest BCUT2D eigenvalue weighted by molar-refractivity contribution is 6.32. The maximum Gasteiger partial charge on any atom is 0.125 e. The first-order valence-electron chi connectivity index (χ1n) is 6.82. The van der Waals surface area contributed by atoms with Crippen LogP contribution in [0.4, 0.5) is 10.1 Å². The molecule has 0 saturated heterocycles. The van der Waals surface area contributed by atoms with Crippen molar-refractivity contribution in [1.82, 2.24) is 9.55 Å². The monoisotopic (exact) mass is 303 g/mol. The van der Waals surface area contributed by atoms with Crippen molar-refractivity contribution in [1.29, 1.82) is 0 Å². The number of hydrogen-bond donors (Lipinski definition) is 1. The van der Waals surface area contributed by atoms with Crippen molar-refractivity contribution in [3.63, 3.8) is 0 Å². The molecule has 2 aromatic carbocycles. The molecule has 3 rings (SSSR count). The largest absolute Gasteiger partial charge is 0.399 e. The van der Waals surface area contributed by atoms with Crippen LogP contribution in [0.5, 0.6) is 0 Å². The second kappa shape index (κ2) is 5.37. The van der Waals surface area contributed by atoms with E-state index in [-0.39, 0.29) is 5.82 Å². The van der Waals surface area contributed by atoms with E-state index in [2.05, 4.69) is 11.9 Å². The third-order valence-electron chi connectivity index (χ3n) is 3.37. The topological polar surface area (TPSA) is 43.8 Å². The molecular weight excluding hydrogens is 289 g/mol.